The molecule has 94 valence electrons. The average Bonchev–Trinajstić information content (AvgIpc) is 2.32. The van der Waals surface area contributed by atoms with Gasteiger partial charge < -0.3 is 15.7 Å². The van der Waals surface area contributed by atoms with E-state index in [0.29, 0.717) is 5.56 Å². The lowest BCUT2D eigenvalue weighted by Gasteiger charge is -2.37. The first kappa shape index (κ1) is 12.3. The third kappa shape index (κ3) is 2.42. The molecule has 2 atom stereocenters. The zero-order valence-corrected chi connectivity index (χ0v) is 10.1. The number of benzene rings is 1. The molecule has 0 spiro atoms. The zero-order chi connectivity index (χ0) is 12.4. The Morgan fingerprint density at radius 1 is 1.53 bits per heavy atom. The van der Waals surface area contributed by atoms with Crippen molar-refractivity contribution < 1.29 is 9.50 Å². The molecule has 1 heterocycles. The molecule has 0 aromatic heterocycles. The molecule has 4 heteroatoms. The van der Waals surface area contributed by atoms with Crippen LogP contribution in [0.3, 0.4) is 0 Å². The van der Waals surface area contributed by atoms with Gasteiger partial charge in [0.25, 0.3) is 0 Å². The maximum atomic E-state index is 13.6. The highest BCUT2D eigenvalue weighted by molar-refractivity contribution is 5.54. The molecule has 1 aromatic carbocycles. The van der Waals surface area contributed by atoms with Crippen molar-refractivity contribution in [3.8, 4) is 0 Å². The molecule has 0 bridgehead atoms. The molecule has 1 aromatic rings. The van der Waals surface area contributed by atoms with Gasteiger partial charge in [-0.1, -0.05) is 13.0 Å². The first-order valence-electron chi connectivity index (χ1n) is 6.04. The number of aliphatic hydroxyl groups excluding tert-OH is 1. The van der Waals surface area contributed by atoms with Crippen LogP contribution in [0, 0.1) is 11.7 Å². The average molecular weight is 238 g/mol. The van der Waals surface area contributed by atoms with Gasteiger partial charge in [-0.15, -0.1) is 0 Å². The number of nitrogens with zero attached hydrogens (tertiary/aromatic N) is 1. The Hall–Kier alpha value is -1.13. The van der Waals surface area contributed by atoms with Crippen molar-refractivity contribution in [2.45, 2.75) is 26.0 Å². The lowest BCUT2D eigenvalue weighted by molar-refractivity contribution is 0.0970. The van der Waals surface area contributed by atoms with Crippen LogP contribution >= 0.6 is 0 Å². The Morgan fingerprint density at radius 3 is 2.94 bits per heavy atom. The fourth-order valence-corrected chi connectivity index (χ4v) is 2.40. The number of hydrogen-bond donors (Lipinski definition) is 2. The van der Waals surface area contributed by atoms with E-state index in [1.54, 1.807) is 6.07 Å². The van der Waals surface area contributed by atoms with Crippen molar-refractivity contribution in [1.29, 1.82) is 0 Å². The number of aliphatic hydroxyl groups is 1. The number of piperidine rings is 1. The summed E-state index contributed by atoms with van der Waals surface area (Å²) in [5.41, 5.74) is 7.04. The lowest BCUT2D eigenvalue weighted by Crippen LogP contribution is -2.42. The van der Waals surface area contributed by atoms with Gasteiger partial charge in [-0.3, -0.25) is 0 Å². The summed E-state index contributed by atoms with van der Waals surface area (Å²) in [7, 11) is 0. The summed E-state index contributed by atoms with van der Waals surface area (Å²) in [5, 5.41) is 9.70. The van der Waals surface area contributed by atoms with Gasteiger partial charge >= 0.3 is 0 Å². The largest absolute Gasteiger partial charge is 0.393 e. The molecule has 0 radical (unpaired) electrons. The Labute approximate surface area is 101 Å². The molecule has 1 fully saturated rings. The van der Waals surface area contributed by atoms with E-state index in [1.807, 2.05) is 13.0 Å². The van der Waals surface area contributed by atoms with Crippen molar-refractivity contribution in [3.63, 3.8) is 0 Å². The Morgan fingerprint density at radius 2 is 2.29 bits per heavy atom. The molecular weight excluding hydrogens is 219 g/mol. The molecule has 1 saturated heterocycles. The molecule has 2 rings (SSSR count). The van der Waals surface area contributed by atoms with Gasteiger partial charge in [-0.25, -0.2) is 4.39 Å². The molecule has 1 aliphatic rings. The van der Waals surface area contributed by atoms with E-state index in [9.17, 15) is 9.50 Å². The summed E-state index contributed by atoms with van der Waals surface area (Å²) in [6, 6.07) is 5.04. The minimum atomic E-state index is -0.249. The maximum absolute atomic E-state index is 13.6. The van der Waals surface area contributed by atoms with E-state index >= 15 is 0 Å². The highest BCUT2D eigenvalue weighted by atomic mass is 19.1. The first-order valence-corrected chi connectivity index (χ1v) is 6.04. The van der Waals surface area contributed by atoms with E-state index in [2.05, 4.69) is 4.90 Å². The highest BCUT2D eigenvalue weighted by Gasteiger charge is 2.25. The van der Waals surface area contributed by atoms with Gasteiger partial charge in [-0.2, -0.15) is 0 Å². The minimum absolute atomic E-state index is 0.204. The second-order valence-corrected chi connectivity index (χ2v) is 4.72. The summed E-state index contributed by atoms with van der Waals surface area (Å²) >= 11 is 0. The minimum Gasteiger partial charge on any atom is -0.393 e. The van der Waals surface area contributed by atoms with E-state index in [1.165, 1.54) is 6.07 Å². The monoisotopic (exact) mass is 238 g/mol. The van der Waals surface area contributed by atoms with Crippen LogP contribution < -0.4 is 10.6 Å². The molecule has 0 aliphatic carbocycles. The predicted molar refractivity (Wildman–Crippen MR) is 66.3 cm³/mol. The van der Waals surface area contributed by atoms with E-state index in [-0.39, 0.29) is 24.4 Å². The van der Waals surface area contributed by atoms with Gasteiger partial charge in [-0.05, 0) is 24.5 Å². The summed E-state index contributed by atoms with van der Waals surface area (Å²) in [6.07, 6.45) is 0.475. The second kappa shape index (κ2) is 5.02. The number of anilines is 1. The highest BCUT2D eigenvalue weighted by Crippen LogP contribution is 2.27. The van der Waals surface area contributed by atoms with Crippen molar-refractivity contribution in [1.82, 2.24) is 0 Å². The van der Waals surface area contributed by atoms with Crippen molar-refractivity contribution in [3.05, 3.63) is 29.6 Å². The van der Waals surface area contributed by atoms with E-state index < -0.39 is 0 Å². The van der Waals surface area contributed by atoms with Crippen molar-refractivity contribution in [2.24, 2.45) is 11.7 Å². The molecule has 2 unspecified atom stereocenters. The Bertz CT molecular complexity index is 397. The summed E-state index contributed by atoms with van der Waals surface area (Å²) < 4.78 is 13.6. The Kier molecular flexibility index (Phi) is 3.64. The summed E-state index contributed by atoms with van der Waals surface area (Å²) in [5.74, 6) is -0.0404. The summed E-state index contributed by atoms with van der Waals surface area (Å²) in [6.45, 7) is 3.72. The molecule has 0 amide bonds. The van der Waals surface area contributed by atoms with Crippen LogP contribution in [0.5, 0.6) is 0 Å². The fraction of sp³-hybridized carbons (Fsp3) is 0.538. The maximum Gasteiger partial charge on any atom is 0.129 e. The first-order chi connectivity index (χ1) is 8.13. The number of halogens is 1. The second-order valence-electron chi connectivity index (χ2n) is 4.72. The Balaban J connectivity index is 2.25. The van der Waals surface area contributed by atoms with Crippen LogP contribution in [0.1, 0.15) is 18.9 Å². The number of rotatable bonds is 2. The summed E-state index contributed by atoms with van der Waals surface area (Å²) in [4.78, 5) is 2.11. The zero-order valence-electron chi connectivity index (χ0n) is 10.1. The predicted octanol–water partition coefficient (Wildman–Crippen LogP) is 1.49. The fourth-order valence-electron chi connectivity index (χ4n) is 2.40. The molecule has 0 saturated carbocycles. The molecule has 3 nitrogen and oxygen atoms in total. The van der Waals surface area contributed by atoms with Crippen LogP contribution in [0.2, 0.25) is 0 Å². The van der Waals surface area contributed by atoms with Crippen LogP contribution in [0.15, 0.2) is 18.2 Å². The number of nitrogens with two attached hydrogens (primary N) is 1. The van der Waals surface area contributed by atoms with Gasteiger partial charge in [0.1, 0.15) is 5.82 Å². The van der Waals surface area contributed by atoms with Gasteiger partial charge in [0, 0.05) is 30.9 Å². The normalized spacial score (nSPS) is 25.1. The molecule has 1 aliphatic heterocycles. The third-order valence-electron chi connectivity index (χ3n) is 3.50. The topological polar surface area (TPSA) is 49.5 Å². The van der Waals surface area contributed by atoms with E-state index in [4.69, 9.17) is 5.73 Å². The smallest absolute Gasteiger partial charge is 0.129 e. The molecule has 3 N–H and O–H groups in total. The quantitative estimate of drug-likeness (QED) is 0.820. The van der Waals surface area contributed by atoms with Crippen molar-refractivity contribution >= 4 is 5.69 Å². The van der Waals surface area contributed by atoms with E-state index in [0.717, 1.165) is 25.2 Å². The third-order valence-corrected chi connectivity index (χ3v) is 3.50. The van der Waals surface area contributed by atoms with Crippen LogP contribution in [0.25, 0.3) is 0 Å². The van der Waals surface area contributed by atoms with Crippen LogP contribution in [0.4, 0.5) is 10.1 Å². The van der Waals surface area contributed by atoms with Crippen LogP contribution in [-0.2, 0) is 6.54 Å². The SMILES string of the molecule is CC1CN(c2cccc(F)c2CN)CCC1O. The van der Waals surface area contributed by atoms with Crippen LogP contribution in [-0.4, -0.2) is 24.3 Å². The lowest BCUT2D eigenvalue weighted by atomic mass is 9.95. The van der Waals surface area contributed by atoms with Gasteiger partial charge in [0.2, 0.25) is 0 Å². The standard InChI is InChI=1S/C13H19FN2O/c1-9-8-16(6-5-13(9)17)12-4-2-3-11(14)10(12)7-15/h2-4,9,13,17H,5-8,15H2,1H3. The number of hydrogen-bond acceptors (Lipinski definition) is 3. The molecule has 17 heavy (non-hydrogen) atoms. The van der Waals surface area contributed by atoms with Gasteiger partial charge in [0.05, 0.1) is 6.10 Å². The molecular formula is C13H19FN2O. The van der Waals surface area contributed by atoms with Crippen molar-refractivity contribution in [2.75, 3.05) is 18.0 Å². The van der Waals surface area contributed by atoms with Gasteiger partial charge in [0.15, 0.2) is 0 Å².